The number of nitrogens with zero attached hydrogens (tertiary/aromatic N) is 1. The molecule has 0 aliphatic rings. The normalized spacial score (nSPS) is 11.6. The average Bonchev–Trinajstić information content (AvgIpc) is 2.45. The molecule has 0 fully saturated rings. The largest absolute Gasteiger partial charge is 0.469 e. The molecule has 0 aliphatic carbocycles. The lowest BCUT2D eigenvalue weighted by Gasteiger charge is -2.27. The van der Waals surface area contributed by atoms with Crippen LogP contribution in [0.1, 0.15) is 23.7 Å². The van der Waals surface area contributed by atoms with Crippen LogP contribution in [0.5, 0.6) is 0 Å². The molecule has 0 bridgehead atoms. The van der Waals surface area contributed by atoms with Gasteiger partial charge in [-0.05, 0) is 19.1 Å². The Morgan fingerprint density at radius 1 is 1.21 bits per heavy atom. The highest BCUT2D eigenvalue weighted by Crippen LogP contribution is 2.22. The Hall–Kier alpha value is -2.04. The average molecular weight is 265 g/mol. The maximum Gasteiger partial charge on any atom is 0.339 e. The Morgan fingerprint density at radius 3 is 2.42 bits per heavy atom. The third-order valence-corrected chi connectivity index (χ3v) is 3.04. The zero-order valence-electron chi connectivity index (χ0n) is 11.7. The van der Waals surface area contributed by atoms with Crippen molar-refractivity contribution in [1.29, 1.82) is 0 Å². The summed E-state index contributed by atoms with van der Waals surface area (Å²) in [6.45, 7) is 1.89. The van der Waals surface area contributed by atoms with Gasteiger partial charge in [0, 0.05) is 13.1 Å². The highest BCUT2D eigenvalue weighted by atomic mass is 16.5. The number of ether oxygens (including phenoxy) is 2. The lowest BCUT2D eigenvalue weighted by molar-refractivity contribution is -0.140. The Balaban J connectivity index is 2.95. The van der Waals surface area contributed by atoms with Crippen LogP contribution in [0.25, 0.3) is 0 Å². The number of carbonyl (C=O) groups is 2. The first kappa shape index (κ1) is 15.0. The van der Waals surface area contributed by atoms with Gasteiger partial charge in [-0.3, -0.25) is 4.79 Å². The van der Waals surface area contributed by atoms with Crippen LogP contribution in [0.2, 0.25) is 0 Å². The van der Waals surface area contributed by atoms with Gasteiger partial charge in [0.15, 0.2) is 0 Å². The molecule has 19 heavy (non-hydrogen) atoms. The predicted molar refractivity (Wildman–Crippen MR) is 72.3 cm³/mol. The minimum absolute atomic E-state index is 0.0849. The zero-order chi connectivity index (χ0) is 14.4. The van der Waals surface area contributed by atoms with Crippen LogP contribution < -0.4 is 4.90 Å². The second-order valence-corrected chi connectivity index (χ2v) is 4.25. The van der Waals surface area contributed by atoms with Gasteiger partial charge in [0.1, 0.15) is 0 Å². The SMILES string of the molecule is COC(=O)CC(C)N(C)c1ccccc1C(=O)OC. The van der Waals surface area contributed by atoms with Gasteiger partial charge in [-0.25, -0.2) is 4.79 Å². The van der Waals surface area contributed by atoms with Crippen LogP contribution in [0.3, 0.4) is 0 Å². The fourth-order valence-corrected chi connectivity index (χ4v) is 1.76. The van der Waals surface area contributed by atoms with E-state index >= 15 is 0 Å². The van der Waals surface area contributed by atoms with E-state index in [1.807, 2.05) is 31.0 Å². The minimum atomic E-state index is -0.396. The Morgan fingerprint density at radius 2 is 1.84 bits per heavy atom. The van der Waals surface area contributed by atoms with Gasteiger partial charge in [-0.2, -0.15) is 0 Å². The van der Waals surface area contributed by atoms with Gasteiger partial charge in [0.25, 0.3) is 0 Å². The predicted octanol–water partition coefficient (Wildman–Crippen LogP) is 1.86. The maximum absolute atomic E-state index is 11.7. The molecule has 5 nitrogen and oxygen atoms in total. The topological polar surface area (TPSA) is 55.8 Å². The number of rotatable bonds is 5. The number of esters is 2. The van der Waals surface area contributed by atoms with Gasteiger partial charge >= 0.3 is 11.9 Å². The maximum atomic E-state index is 11.7. The number of hydrogen-bond acceptors (Lipinski definition) is 5. The van der Waals surface area contributed by atoms with Crippen LogP contribution in [0.4, 0.5) is 5.69 Å². The van der Waals surface area contributed by atoms with E-state index in [2.05, 4.69) is 4.74 Å². The molecule has 5 heteroatoms. The fraction of sp³-hybridized carbons (Fsp3) is 0.429. The lowest BCUT2D eigenvalue weighted by atomic mass is 10.1. The summed E-state index contributed by atoms with van der Waals surface area (Å²) in [4.78, 5) is 24.9. The van der Waals surface area contributed by atoms with E-state index in [1.165, 1.54) is 14.2 Å². The number of hydrogen-bond donors (Lipinski definition) is 0. The summed E-state index contributed by atoms with van der Waals surface area (Å²) in [6.07, 6.45) is 0.252. The molecule has 0 saturated carbocycles. The monoisotopic (exact) mass is 265 g/mol. The van der Waals surface area contributed by atoms with Crippen molar-refractivity contribution in [1.82, 2.24) is 0 Å². The van der Waals surface area contributed by atoms with E-state index in [-0.39, 0.29) is 18.4 Å². The van der Waals surface area contributed by atoms with Crippen molar-refractivity contribution in [2.24, 2.45) is 0 Å². The molecule has 0 saturated heterocycles. The Kier molecular flexibility index (Phi) is 5.36. The van der Waals surface area contributed by atoms with Crippen molar-refractivity contribution >= 4 is 17.6 Å². The minimum Gasteiger partial charge on any atom is -0.469 e. The first-order valence-corrected chi connectivity index (χ1v) is 5.98. The zero-order valence-corrected chi connectivity index (χ0v) is 11.7. The van der Waals surface area contributed by atoms with E-state index in [4.69, 9.17) is 4.74 Å². The molecule has 0 spiro atoms. The molecule has 1 atom stereocenters. The summed E-state index contributed by atoms with van der Waals surface area (Å²) >= 11 is 0. The van der Waals surface area contributed by atoms with Crippen molar-refractivity contribution in [2.45, 2.75) is 19.4 Å². The fourth-order valence-electron chi connectivity index (χ4n) is 1.76. The molecule has 0 radical (unpaired) electrons. The van der Waals surface area contributed by atoms with Crippen molar-refractivity contribution in [3.63, 3.8) is 0 Å². The molecule has 1 aromatic rings. The summed E-state index contributed by atoms with van der Waals surface area (Å²) < 4.78 is 9.40. The molecule has 0 amide bonds. The highest BCUT2D eigenvalue weighted by Gasteiger charge is 2.19. The molecule has 0 heterocycles. The van der Waals surface area contributed by atoms with Gasteiger partial charge < -0.3 is 14.4 Å². The number of benzene rings is 1. The van der Waals surface area contributed by atoms with Crippen molar-refractivity contribution in [3.8, 4) is 0 Å². The molecular weight excluding hydrogens is 246 g/mol. The summed E-state index contributed by atoms with van der Waals surface area (Å²) in [7, 11) is 4.53. The third-order valence-electron chi connectivity index (χ3n) is 3.04. The van der Waals surface area contributed by atoms with Gasteiger partial charge in [-0.15, -0.1) is 0 Å². The van der Waals surface area contributed by atoms with E-state index in [9.17, 15) is 9.59 Å². The smallest absolute Gasteiger partial charge is 0.339 e. The van der Waals surface area contributed by atoms with Crippen molar-refractivity contribution in [2.75, 3.05) is 26.2 Å². The van der Waals surface area contributed by atoms with E-state index < -0.39 is 5.97 Å². The molecule has 0 N–H and O–H groups in total. The van der Waals surface area contributed by atoms with Gasteiger partial charge in [-0.1, -0.05) is 12.1 Å². The second kappa shape index (κ2) is 6.78. The molecule has 1 rings (SSSR count). The summed E-state index contributed by atoms with van der Waals surface area (Å²) in [5.74, 6) is -0.678. The number of carbonyl (C=O) groups excluding carboxylic acids is 2. The Labute approximate surface area is 113 Å². The molecular formula is C14H19NO4. The summed E-state index contributed by atoms with van der Waals surface area (Å²) in [5, 5.41) is 0. The van der Waals surface area contributed by atoms with E-state index in [1.54, 1.807) is 12.1 Å². The van der Waals surface area contributed by atoms with Gasteiger partial charge in [0.05, 0.1) is 31.9 Å². The lowest BCUT2D eigenvalue weighted by Crippen LogP contribution is -2.32. The van der Waals surface area contributed by atoms with Crippen LogP contribution >= 0.6 is 0 Å². The van der Waals surface area contributed by atoms with Crippen LogP contribution in [0, 0.1) is 0 Å². The third kappa shape index (κ3) is 3.71. The van der Waals surface area contributed by atoms with Crippen molar-refractivity contribution in [3.05, 3.63) is 29.8 Å². The van der Waals surface area contributed by atoms with Gasteiger partial charge in [0.2, 0.25) is 0 Å². The van der Waals surface area contributed by atoms with Crippen molar-refractivity contribution < 1.29 is 19.1 Å². The summed E-state index contributed by atoms with van der Waals surface area (Å²) in [5.41, 5.74) is 1.20. The quantitative estimate of drug-likeness (QED) is 0.761. The number of anilines is 1. The highest BCUT2D eigenvalue weighted by molar-refractivity contribution is 5.95. The molecule has 1 unspecified atom stereocenters. The van der Waals surface area contributed by atoms with E-state index in [0.717, 1.165) is 5.69 Å². The first-order chi connectivity index (χ1) is 9.01. The Bertz CT molecular complexity index is 459. The molecule has 1 aromatic carbocycles. The van der Waals surface area contributed by atoms with E-state index in [0.29, 0.717) is 5.56 Å². The number of para-hydroxylation sites is 1. The molecule has 0 aliphatic heterocycles. The summed E-state index contributed by atoms with van der Waals surface area (Å²) in [6, 6.07) is 7.04. The van der Waals surface area contributed by atoms with Crippen LogP contribution in [-0.4, -0.2) is 39.2 Å². The van der Waals surface area contributed by atoms with Crippen LogP contribution in [0.15, 0.2) is 24.3 Å². The molecule has 104 valence electrons. The first-order valence-electron chi connectivity index (χ1n) is 5.98. The van der Waals surface area contributed by atoms with Crippen LogP contribution in [-0.2, 0) is 14.3 Å². The standard InChI is InChI=1S/C14H19NO4/c1-10(9-13(16)18-3)15(2)12-8-6-5-7-11(12)14(17)19-4/h5-8,10H,9H2,1-4H3. The second-order valence-electron chi connectivity index (χ2n) is 4.25. The molecule has 0 aromatic heterocycles. The number of methoxy groups -OCH3 is 2.